The van der Waals surface area contributed by atoms with E-state index in [0.29, 0.717) is 33.1 Å². The van der Waals surface area contributed by atoms with Gasteiger partial charge in [-0.3, -0.25) is 0 Å². The van der Waals surface area contributed by atoms with Crippen molar-refractivity contribution in [2.45, 2.75) is 0 Å². The van der Waals surface area contributed by atoms with Crippen molar-refractivity contribution in [3.63, 3.8) is 0 Å². The van der Waals surface area contributed by atoms with Gasteiger partial charge in [-0.15, -0.1) is 0 Å². The zero-order valence-corrected chi connectivity index (χ0v) is 8.76. The second-order valence-corrected chi connectivity index (χ2v) is 3.93. The quantitative estimate of drug-likeness (QED) is 0.697. The summed E-state index contributed by atoms with van der Waals surface area (Å²) in [4.78, 5) is 0.622. The maximum Gasteiger partial charge on any atom is 0.146 e. The summed E-state index contributed by atoms with van der Waals surface area (Å²) in [7, 11) is 0. The van der Waals surface area contributed by atoms with E-state index in [4.69, 9.17) is 40.2 Å². The molecule has 0 saturated heterocycles. The Hall–Kier alpha value is -0.510. The largest absolute Gasteiger partial charge is 0.484 e. The van der Waals surface area contributed by atoms with Crippen LogP contribution in [0.5, 0.6) is 5.75 Å². The van der Waals surface area contributed by atoms with Gasteiger partial charge in [0.15, 0.2) is 0 Å². The minimum Gasteiger partial charge on any atom is -0.484 e. The molecular weight excluding hydrogens is 229 g/mol. The summed E-state index contributed by atoms with van der Waals surface area (Å²) in [5.41, 5.74) is 0.697. The first kappa shape index (κ1) is 9.06. The number of nitrogens with one attached hydrogen (secondary N) is 1. The van der Waals surface area contributed by atoms with Crippen LogP contribution in [0.25, 0.3) is 0 Å². The predicted octanol–water partition coefficient (Wildman–Crippen LogP) is 3.13. The Morgan fingerprint density at radius 2 is 2.15 bits per heavy atom. The van der Waals surface area contributed by atoms with Gasteiger partial charge in [-0.25, -0.2) is 0 Å². The maximum absolute atomic E-state index is 5.93. The number of anilines is 1. The maximum atomic E-state index is 5.93. The van der Waals surface area contributed by atoms with Gasteiger partial charge in [0.25, 0.3) is 0 Å². The molecule has 1 aliphatic rings. The Balaban J connectivity index is 2.53. The van der Waals surface area contributed by atoms with Crippen molar-refractivity contribution < 1.29 is 4.74 Å². The van der Waals surface area contributed by atoms with E-state index in [1.54, 1.807) is 12.1 Å². The number of hydrogen-bond acceptors (Lipinski definition) is 2. The first-order valence-corrected chi connectivity index (χ1v) is 4.75. The molecule has 0 aliphatic carbocycles. The fraction of sp³-hybridized carbons (Fsp3) is 0.125. The van der Waals surface area contributed by atoms with Crippen LogP contribution in [-0.2, 0) is 0 Å². The number of fused-ring (bicyclic) bond motifs is 1. The van der Waals surface area contributed by atoms with Gasteiger partial charge >= 0.3 is 0 Å². The molecule has 2 rings (SSSR count). The average molecular weight is 234 g/mol. The van der Waals surface area contributed by atoms with Crippen LogP contribution in [0, 0.1) is 0 Å². The number of thiocarbonyl (C=S) groups is 1. The van der Waals surface area contributed by atoms with Crippen molar-refractivity contribution in [3.8, 4) is 5.75 Å². The number of rotatable bonds is 0. The second-order valence-electron chi connectivity index (χ2n) is 2.60. The monoisotopic (exact) mass is 233 g/mol. The standard InChI is InChI=1S/C8H5Cl2NOS/c9-4-1-5(10)8-6(2-4)12-3-7(13)11-8/h1-2H,3H2,(H,11,13). The molecule has 5 heteroatoms. The molecule has 1 aromatic carbocycles. The van der Waals surface area contributed by atoms with E-state index < -0.39 is 0 Å². The fourth-order valence-corrected chi connectivity index (χ4v) is 1.79. The van der Waals surface area contributed by atoms with Gasteiger partial charge in [0, 0.05) is 11.1 Å². The highest BCUT2D eigenvalue weighted by Gasteiger charge is 2.16. The van der Waals surface area contributed by atoms with Crippen LogP contribution in [0.15, 0.2) is 12.1 Å². The van der Waals surface area contributed by atoms with Gasteiger partial charge in [0.05, 0.1) is 5.02 Å². The number of benzene rings is 1. The third-order valence-electron chi connectivity index (χ3n) is 1.64. The minimum atomic E-state index is 0.374. The van der Waals surface area contributed by atoms with Crippen LogP contribution in [0.1, 0.15) is 0 Å². The number of halogens is 2. The van der Waals surface area contributed by atoms with Crippen molar-refractivity contribution in [3.05, 3.63) is 22.2 Å². The molecule has 2 nitrogen and oxygen atoms in total. The molecule has 0 amide bonds. The topological polar surface area (TPSA) is 21.3 Å². The lowest BCUT2D eigenvalue weighted by molar-refractivity contribution is 0.375. The van der Waals surface area contributed by atoms with Gasteiger partial charge in [-0.05, 0) is 6.07 Å². The molecule has 0 bridgehead atoms. The Kier molecular flexibility index (Phi) is 2.32. The van der Waals surface area contributed by atoms with Crippen LogP contribution in [0.3, 0.4) is 0 Å². The lowest BCUT2D eigenvalue weighted by Crippen LogP contribution is -2.23. The Labute approximate surface area is 90.8 Å². The second kappa shape index (κ2) is 3.33. The number of ether oxygens (including phenoxy) is 1. The highest BCUT2D eigenvalue weighted by atomic mass is 35.5. The van der Waals surface area contributed by atoms with Crippen molar-refractivity contribution >= 4 is 46.1 Å². The van der Waals surface area contributed by atoms with Crippen LogP contribution in [-0.4, -0.2) is 11.6 Å². The molecule has 0 fully saturated rings. The third-order valence-corrected chi connectivity index (χ3v) is 2.38. The summed E-state index contributed by atoms with van der Waals surface area (Å²) in [6, 6.07) is 3.35. The van der Waals surface area contributed by atoms with Crippen molar-refractivity contribution in [2.75, 3.05) is 11.9 Å². The highest BCUT2D eigenvalue weighted by Crippen LogP contribution is 2.37. The number of hydrogen-bond donors (Lipinski definition) is 1. The fourth-order valence-electron chi connectivity index (χ4n) is 1.10. The summed E-state index contributed by atoms with van der Waals surface area (Å²) in [5, 5.41) is 4.04. The Morgan fingerprint density at radius 1 is 1.38 bits per heavy atom. The highest BCUT2D eigenvalue weighted by molar-refractivity contribution is 7.80. The summed E-state index contributed by atoms with van der Waals surface area (Å²) >= 11 is 16.7. The molecular formula is C8H5Cl2NOS. The van der Waals surface area contributed by atoms with Crippen LogP contribution in [0.2, 0.25) is 10.0 Å². The zero-order chi connectivity index (χ0) is 9.42. The molecule has 1 N–H and O–H groups in total. The third kappa shape index (κ3) is 1.73. The molecule has 13 heavy (non-hydrogen) atoms. The molecule has 0 aromatic heterocycles. The predicted molar refractivity (Wildman–Crippen MR) is 58.2 cm³/mol. The SMILES string of the molecule is S=C1COc2cc(Cl)cc(Cl)c2N1. The molecule has 1 heterocycles. The molecule has 1 aliphatic heterocycles. The molecule has 1 aromatic rings. The lowest BCUT2D eigenvalue weighted by atomic mass is 10.2. The van der Waals surface area contributed by atoms with E-state index in [1.165, 1.54) is 0 Å². The van der Waals surface area contributed by atoms with Gasteiger partial charge in [-0.1, -0.05) is 35.4 Å². The summed E-state index contributed by atoms with van der Waals surface area (Å²) in [5.74, 6) is 0.645. The average Bonchev–Trinajstić information content (AvgIpc) is 2.06. The van der Waals surface area contributed by atoms with Crippen molar-refractivity contribution in [1.82, 2.24) is 0 Å². The molecule has 0 spiro atoms. The minimum absolute atomic E-state index is 0.374. The summed E-state index contributed by atoms with van der Waals surface area (Å²) < 4.78 is 5.32. The van der Waals surface area contributed by atoms with E-state index in [-0.39, 0.29) is 0 Å². The van der Waals surface area contributed by atoms with E-state index in [0.717, 1.165) is 0 Å². The Bertz CT molecular complexity index is 381. The molecule has 68 valence electrons. The van der Waals surface area contributed by atoms with Crippen molar-refractivity contribution in [1.29, 1.82) is 0 Å². The van der Waals surface area contributed by atoms with Crippen LogP contribution >= 0.6 is 35.4 Å². The first-order chi connectivity index (χ1) is 6.16. The van der Waals surface area contributed by atoms with Gasteiger partial charge in [0.2, 0.25) is 0 Å². The Morgan fingerprint density at radius 3 is 2.92 bits per heavy atom. The van der Waals surface area contributed by atoms with Crippen molar-refractivity contribution in [2.24, 2.45) is 0 Å². The normalized spacial score (nSPS) is 14.5. The van der Waals surface area contributed by atoms with E-state index in [1.807, 2.05) is 0 Å². The summed E-state index contributed by atoms with van der Waals surface area (Å²) in [6.07, 6.45) is 0. The van der Waals surface area contributed by atoms with Gasteiger partial charge < -0.3 is 10.1 Å². The van der Waals surface area contributed by atoms with E-state index >= 15 is 0 Å². The summed E-state index contributed by atoms with van der Waals surface area (Å²) in [6.45, 7) is 0.374. The van der Waals surface area contributed by atoms with Gasteiger partial charge in [-0.2, -0.15) is 0 Å². The molecule has 0 unspecified atom stereocenters. The molecule has 0 atom stereocenters. The first-order valence-electron chi connectivity index (χ1n) is 3.58. The van der Waals surface area contributed by atoms with Gasteiger partial charge in [0.1, 0.15) is 23.0 Å². The smallest absolute Gasteiger partial charge is 0.146 e. The van der Waals surface area contributed by atoms with Crippen LogP contribution < -0.4 is 10.1 Å². The van der Waals surface area contributed by atoms with E-state index in [9.17, 15) is 0 Å². The van der Waals surface area contributed by atoms with E-state index in [2.05, 4.69) is 5.32 Å². The zero-order valence-electron chi connectivity index (χ0n) is 6.43. The molecule has 0 saturated carbocycles. The molecule has 0 radical (unpaired) electrons. The van der Waals surface area contributed by atoms with Crippen LogP contribution in [0.4, 0.5) is 5.69 Å². The lowest BCUT2D eigenvalue weighted by Gasteiger charge is -2.20.